The molecule has 0 spiro atoms. The average Bonchev–Trinajstić information content (AvgIpc) is 3.11. The largest absolute Gasteiger partial charge is 0.497 e. The lowest BCUT2D eigenvalue weighted by molar-refractivity contribution is 0.0950. The van der Waals surface area contributed by atoms with Crippen LogP contribution in [0.25, 0.3) is 10.6 Å². The number of hydrogen-bond acceptors (Lipinski definition) is 4. The van der Waals surface area contributed by atoms with E-state index in [1.54, 1.807) is 30.6 Å². The number of rotatable bonds is 6. The van der Waals surface area contributed by atoms with E-state index < -0.39 is 11.7 Å². The lowest BCUT2D eigenvalue weighted by Crippen LogP contribution is -2.26. The molecule has 2 aromatic carbocycles. The monoisotopic (exact) mass is 356 g/mol. The Kier molecular flexibility index (Phi) is 5.40. The van der Waals surface area contributed by atoms with Gasteiger partial charge in [-0.15, -0.1) is 11.3 Å². The quantitative estimate of drug-likeness (QED) is 0.728. The first-order valence-corrected chi connectivity index (χ1v) is 8.67. The van der Waals surface area contributed by atoms with Crippen molar-refractivity contribution in [1.29, 1.82) is 0 Å². The SMILES string of the molecule is COc1ccc(-c2nc(CCNC(=O)c3ccccc3F)cs2)cc1. The minimum absolute atomic E-state index is 0.0553. The van der Waals surface area contributed by atoms with Crippen LogP contribution < -0.4 is 10.1 Å². The predicted molar refractivity (Wildman–Crippen MR) is 96.5 cm³/mol. The first kappa shape index (κ1) is 17.1. The molecule has 0 unspecified atom stereocenters. The topological polar surface area (TPSA) is 51.2 Å². The van der Waals surface area contributed by atoms with E-state index in [0.29, 0.717) is 13.0 Å². The van der Waals surface area contributed by atoms with Gasteiger partial charge in [0.25, 0.3) is 5.91 Å². The van der Waals surface area contributed by atoms with E-state index in [0.717, 1.165) is 22.0 Å². The van der Waals surface area contributed by atoms with Crippen molar-refractivity contribution in [2.45, 2.75) is 6.42 Å². The molecule has 0 aliphatic heterocycles. The number of ether oxygens (including phenoxy) is 1. The zero-order valence-corrected chi connectivity index (χ0v) is 14.5. The lowest BCUT2D eigenvalue weighted by Gasteiger charge is -2.04. The fourth-order valence-electron chi connectivity index (χ4n) is 2.33. The van der Waals surface area contributed by atoms with Crippen LogP contribution in [0.3, 0.4) is 0 Å². The molecular formula is C19H17FN2O2S. The van der Waals surface area contributed by atoms with Crippen molar-refractivity contribution in [3.05, 3.63) is 71.0 Å². The maximum Gasteiger partial charge on any atom is 0.254 e. The molecule has 0 bridgehead atoms. The van der Waals surface area contributed by atoms with Gasteiger partial charge < -0.3 is 10.1 Å². The van der Waals surface area contributed by atoms with E-state index in [-0.39, 0.29) is 5.56 Å². The Balaban J connectivity index is 1.56. The maximum absolute atomic E-state index is 13.6. The van der Waals surface area contributed by atoms with Gasteiger partial charge in [-0.25, -0.2) is 9.37 Å². The summed E-state index contributed by atoms with van der Waals surface area (Å²) in [6.07, 6.45) is 0.590. The number of aromatic nitrogens is 1. The van der Waals surface area contributed by atoms with E-state index in [4.69, 9.17) is 4.74 Å². The number of amides is 1. The summed E-state index contributed by atoms with van der Waals surface area (Å²) >= 11 is 1.55. The smallest absolute Gasteiger partial charge is 0.254 e. The Hall–Kier alpha value is -2.73. The minimum Gasteiger partial charge on any atom is -0.497 e. The number of halogens is 1. The Bertz CT molecular complexity index is 862. The van der Waals surface area contributed by atoms with Crippen molar-refractivity contribution in [1.82, 2.24) is 10.3 Å². The first-order valence-electron chi connectivity index (χ1n) is 7.79. The maximum atomic E-state index is 13.6. The second-order valence-electron chi connectivity index (χ2n) is 5.36. The van der Waals surface area contributed by atoms with E-state index in [9.17, 15) is 9.18 Å². The zero-order chi connectivity index (χ0) is 17.6. The highest BCUT2D eigenvalue weighted by Crippen LogP contribution is 2.25. The van der Waals surface area contributed by atoms with Crippen LogP contribution >= 0.6 is 11.3 Å². The second kappa shape index (κ2) is 7.90. The molecule has 1 aromatic heterocycles. The number of thiazole rings is 1. The highest BCUT2D eigenvalue weighted by Gasteiger charge is 2.10. The Labute approximate surface area is 149 Å². The Morgan fingerprint density at radius 2 is 1.96 bits per heavy atom. The van der Waals surface area contributed by atoms with E-state index in [1.165, 1.54) is 12.1 Å². The number of nitrogens with one attached hydrogen (secondary N) is 1. The van der Waals surface area contributed by atoms with Gasteiger partial charge in [-0.1, -0.05) is 12.1 Å². The third-order valence-corrected chi connectivity index (χ3v) is 4.61. The van der Waals surface area contributed by atoms with Crippen LogP contribution in [0, 0.1) is 5.82 Å². The molecule has 1 N–H and O–H groups in total. The van der Waals surface area contributed by atoms with Gasteiger partial charge in [0.05, 0.1) is 18.4 Å². The van der Waals surface area contributed by atoms with Crippen molar-refractivity contribution in [2.75, 3.05) is 13.7 Å². The van der Waals surface area contributed by atoms with Crippen molar-refractivity contribution in [3.8, 4) is 16.3 Å². The van der Waals surface area contributed by atoms with Gasteiger partial charge in [0.2, 0.25) is 0 Å². The number of hydrogen-bond donors (Lipinski definition) is 1. The van der Waals surface area contributed by atoms with Crippen LogP contribution in [0.5, 0.6) is 5.75 Å². The Morgan fingerprint density at radius 3 is 2.68 bits per heavy atom. The van der Waals surface area contributed by atoms with E-state index in [1.807, 2.05) is 29.6 Å². The molecule has 6 heteroatoms. The van der Waals surface area contributed by atoms with E-state index in [2.05, 4.69) is 10.3 Å². The summed E-state index contributed by atoms with van der Waals surface area (Å²) in [5, 5.41) is 5.60. The molecule has 3 aromatic rings. The number of nitrogens with zero attached hydrogens (tertiary/aromatic N) is 1. The van der Waals surface area contributed by atoms with Crippen LogP contribution in [-0.4, -0.2) is 24.5 Å². The van der Waals surface area contributed by atoms with Gasteiger partial charge in [-0.05, 0) is 36.4 Å². The molecule has 0 atom stereocenters. The van der Waals surface area contributed by atoms with Gasteiger partial charge >= 0.3 is 0 Å². The molecule has 0 fully saturated rings. The summed E-state index contributed by atoms with van der Waals surface area (Å²) in [6.45, 7) is 0.402. The second-order valence-corrected chi connectivity index (χ2v) is 6.22. The van der Waals surface area contributed by atoms with Crippen LogP contribution in [-0.2, 0) is 6.42 Å². The molecule has 4 nitrogen and oxygen atoms in total. The van der Waals surface area contributed by atoms with Gasteiger partial charge in [-0.3, -0.25) is 4.79 Å². The highest BCUT2D eigenvalue weighted by molar-refractivity contribution is 7.13. The summed E-state index contributed by atoms with van der Waals surface area (Å²) in [7, 11) is 1.63. The zero-order valence-electron chi connectivity index (χ0n) is 13.7. The molecule has 128 valence electrons. The van der Waals surface area contributed by atoms with Crippen molar-refractivity contribution >= 4 is 17.2 Å². The molecule has 1 amide bonds. The normalized spacial score (nSPS) is 10.5. The van der Waals surface area contributed by atoms with E-state index >= 15 is 0 Å². The summed E-state index contributed by atoms with van der Waals surface area (Å²) in [4.78, 5) is 16.5. The molecule has 25 heavy (non-hydrogen) atoms. The molecule has 0 radical (unpaired) electrons. The van der Waals surface area contributed by atoms with Crippen LogP contribution in [0.1, 0.15) is 16.1 Å². The predicted octanol–water partition coefficient (Wildman–Crippen LogP) is 3.93. The molecule has 0 aliphatic carbocycles. The standard InChI is InChI=1S/C19H17FN2O2S/c1-24-15-8-6-13(7-9-15)19-22-14(12-25-19)10-11-21-18(23)16-4-2-3-5-17(16)20/h2-9,12H,10-11H2,1H3,(H,21,23). The number of carbonyl (C=O) groups excluding carboxylic acids is 1. The molecule has 0 aliphatic rings. The van der Waals surface area contributed by atoms with Gasteiger partial charge in [-0.2, -0.15) is 0 Å². The van der Waals surface area contributed by atoms with Crippen molar-refractivity contribution in [2.24, 2.45) is 0 Å². The van der Waals surface area contributed by atoms with Crippen LogP contribution in [0.2, 0.25) is 0 Å². The molecule has 1 heterocycles. The molecule has 3 rings (SSSR count). The fraction of sp³-hybridized carbons (Fsp3) is 0.158. The molecular weight excluding hydrogens is 339 g/mol. The third-order valence-electron chi connectivity index (χ3n) is 3.67. The van der Waals surface area contributed by atoms with Gasteiger partial charge in [0.1, 0.15) is 16.6 Å². The van der Waals surface area contributed by atoms with Gasteiger partial charge in [0.15, 0.2) is 0 Å². The lowest BCUT2D eigenvalue weighted by atomic mass is 10.2. The molecule has 0 saturated carbocycles. The number of methoxy groups -OCH3 is 1. The summed E-state index contributed by atoms with van der Waals surface area (Å²) in [5.74, 6) is -0.129. The summed E-state index contributed by atoms with van der Waals surface area (Å²) < 4.78 is 18.7. The van der Waals surface area contributed by atoms with Crippen LogP contribution in [0.4, 0.5) is 4.39 Å². The van der Waals surface area contributed by atoms with Crippen molar-refractivity contribution in [3.63, 3.8) is 0 Å². The van der Waals surface area contributed by atoms with Gasteiger partial charge in [0, 0.05) is 23.9 Å². The highest BCUT2D eigenvalue weighted by atomic mass is 32.1. The van der Waals surface area contributed by atoms with Crippen LogP contribution in [0.15, 0.2) is 53.9 Å². The number of carbonyl (C=O) groups is 1. The number of benzene rings is 2. The average molecular weight is 356 g/mol. The molecule has 0 saturated heterocycles. The Morgan fingerprint density at radius 1 is 1.20 bits per heavy atom. The summed E-state index contributed by atoms with van der Waals surface area (Å²) in [5.41, 5.74) is 1.97. The third kappa shape index (κ3) is 4.22. The fourth-order valence-corrected chi connectivity index (χ4v) is 3.19. The first-order chi connectivity index (χ1) is 12.2. The minimum atomic E-state index is -0.518. The van der Waals surface area contributed by atoms with Crippen molar-refractivity contribution < 1.29 is 13.9 Å². The summed E-state index contributed by atoms with van der Waals surface area (Å²) in [6, 6.07) is 13.6.